The number of nitrogens with zero attached hydrogens (tertiary/aromatic N) is 1. The number of benzene rings is 2. The normalized spacial score (nSPS) is 9.75. The van der Waals surface area contributed by atoms with Crippen LogP contribution in [0.25, 0.3) is 0 Å². The van der Waals surface area contributed by atoms with Gasteiger partial charge in [0.2, 0.25) is 11.7 Å². The lowest BCUT2D eigenvalue weighted by molar-refractivity contribution is -0.115. The molecule has 0 fully saturated rings. The average Bonchev–Trinajstić information content (AvgIpc) is 2.61. The fraction of sp³-hybridized carbons (Fsp3) is 0.222. The van der Waals surface area contributed by atoms with Crippen molar-refractivity contribution in [1.29, 1.82) is 5.26 Å². The Morgan fingerprint density at radius 3 is 2.08 bits per heavy atom. The highest BCUT2D eigenvalue weighted by molar-refractivity contribution is 5.92. The van der Waals surface area contributed by atoms with E-state index >= 15 is 0 Å². The van der Waals surface area contributed by atoms with Crippen LogP contribution in [0, 0.1) is 11.3 Å². The lowest BCUT2D eigenvalue weighted by Gasteiger charge is -2.14. The quantitative estimate of drug-likeness (QED) is 0.883. The van der Waals surface area contributed by atoms with Crippen molar-refractivity contribution in [3.63, 3.8) is 0 Å². The molecule has 6 nitrogen and oxygen atoms in total. The molecule has 0 bridgehead atoms. The van der Waals surface area contributed by atoms with Crippen molar-refractivity contribution in [1.82, 2.24) is 0 Å². The smallest absolute Gasteiger partial charge is 0.228 e. The van der Waals surface area contributed by atoms with Crippen molar-refractivity contribution in [2.75, 3.05) is 26.6 Å². The summed E-state index contributed by atoms with van der Waals surface area (Å²) >= 11 is 0. The van der Waals surface area contributed by atoms with Gasteiger partial charge >= 0.3 is 0 Å². The highest BCUT2D eigenvalue weighted by atomic mass is 16.5. The van der Waals surface area contributed by atoms with Gasteiger partial charge in [0.25, 0.3) is 0 Å². The van der Waals surface area contributed by atoms with Gasteiger partial charge < -0.3 is 19.5 Å². The number of carbonyl (C=O) groups is 1. The number of nitriles is 1. The molecule has 2 rings (SSSR count). The van der Waals surface area contributed by atoms with Crippen LogP contribution in [-0.2, 0) is 11.2 Å². The third kappa shape index (κ3) is 3.96. The second-order valence-corrected chi connectivity index (χ2v) is 4.95. The van der Waals surface area contributed by atoms with Gasteiger partial charge in [0.1, 0.15) is 0 Å². The monoisotopic (exact) mass is 326 g/mol. The highest BCUT2D eigenvalue weighted by Crippen LogP contribution is 2.38. The maximum atomic E-state index is 12.2. The van der Waals surface area contributed by atoms with Crippen molar-refractivity contribution in [2.45, 2.75) is 6.42 Å². The van der Waals surface area contributed by atoms with Gasteiger partial charge in [0.05, 0.1) is 39.4 Å². The molecule has 124 valence electrons. The van der Waals surface area contributed by atoms with Gasteiger partial charge in [-0.1, -0.05) is 0 Å². The summed E-state index contributed by atoms with van der Waals surface area (Å²) in [5.41, 5.74) is 1.90. The van der Waals surface area contributed by atoms with E-state index in [1.807, 2.05) is 6.07 Å². The average molecular weight is 326 g/mol. The fourth-order valence-electron chi connectivity index (χ4n) is 2.26. The van der Waals surface area contributed by atoms with Gasteiger partial charge in [-0.15, -0.1) is 0 Å². The van der Waals surface area contributed by atoms with Gasteiger partial charge in [0, 0.05) is 5.69 Å². The Hall–Kier alpha value is -3.20. The number of nitrogens with one attached hydrogen (secondary N) is 1. The van der Waals surface area contributed by atoms with Crippen LogP contribution in [0.4, 0.5) is 5.69 Å². The minimum Gasteiger partial charge on any atom is -0.493 e. The molecule has 0 aliphatic heterocycles. The maximum Gasteiger partial charge on any atom is 0.228 e. The Bertz CT molecular complexity index is 739. The molecule has 0 unspecified atom stereocenters. The molecule has 1 N–H and O–H groups in total. The van der Waals surface area contributed by atoms with Crippen LogP contribution in [0.5, 0.6) is 17.2 Å². The largest absolute Gasteiger partial charge is 0.493 e. The van der Waals surface area contributed by atoms with Crippen LogP contribution < -0.4 is 19.5 Å². The number of amides is 1. The van der Waals surface area contributed by atoms with E-state index in [1.54, 1.807) is 36.4 Å². The Morgan fingerprint density at radius 2 is 1.62 bits per heavy atom. The molecular formula is C18H18N2O4. The molecule has 0 atom stereocenters. The second kappa shape index (κ2) is 7.88. The SMILES string of the molecule is COc1cc(CC(=O)Nc2ccc(C#N)cc2)cc(OC)c1OC. The molecule has 2 aromatic rings. The summed E-state index contributed by atoms with van der Waals surface area (Å²) in [4.78, 5) is 12.2. The molecule has 6 heteroatoms. The van der Waals surface area contributed by atoms with E-state index in [-0.39, 0.29) is 12.3 Å². The molecule has 0 spiro atoms. The van der Waals surface area contributed by atoms with Crippen LogP contribution in [0.3, 0.4) is 0 Å². The van der Waals surface area contributed by atoms with Crippen molar-refractivity contribution < 1.29 is 19.0 Å². The molecule has 24 heavy (non-hydrogen) atoms. The number of methoxy groups -OCH3 is 3. The van der Waals surface area contributed by atoms with E-state index < -0.39 is 0 Å². The van der Waals surface area contributed by atoms with E-state index in [0.29, 0.717) is 28.5 Å². The molecule has 0 heterocycles. The lowest BCUT2D eigenvalue weighted by atomic mass is 10.1. The van der Waals surface area contributed by atoms with Crippen LogP contribution in [0.15, 0.2) is 36.4 Å². The highest BCUT2D eigenvalue weighted by Gasteiger charge is 2.15. The van der Waals surface area contributed by atoms with E-state index in [9.17, 15) is 4.79 Å². The summed E-state index contributed by atoms with van der Waals surface area (Å²) in [6, 6.07) is 12.2. The van der Waals surface area contributed by atoms with Crippen LogP contribution in [-0.4, -0.2) is 27.2 Å². The summed E-state index contributed by atoms with van der Waals surface area (Å²) in [6.45, 7) is 0. The Balaban J connectivity index is 2.14. The maximum absolute atomic E-state index is 12.2. The molecule has 0 aliphatic rings. The minimum atomic E-state index is -0.186. The van der Waals surface area contributed by atoms with Crippen molar-refractivity contribution in [3.8, 4) is 23.3 Å². The van der Waals surface area contributed by atoms with Gasteiger partial charge in [0.15, 0.2) is 11.5 Å². The summed E-state index contributed by atoms with van der Waals surface area (Å²) in [5.74, 6) is 1.29. The molecule has 0 radical (unpaired) electrons. The lowest BCUT2D eigenvalue weighted by Crippen LogP contribution is -2.14. The fourth-order valence-corrected chi connectivity index (χ4v) is 2.26. The summed E-state index contributed by atoms with van der Waals surface area (Å²) in [7, 11) is 4.58. The number of carbonyl (C=O) groups excluding carboxylic acids is 1. The standard InChI is InChI=1S/C18H18N2O4/c1-22-15-8-13(9-16(23-2)18(15)24-3)10-17(21)20-14-6-4-12(11-19)5-7-14/h4-9H,10H2,1-3H3,(H,20,21). The number of hydrogen-bond acceptors (Lipinski definition) is 5. The molecule has 0 saturated heterocycles. The van der Waals surface area contributed by atoms with Crippen LogP contribution >= 0.6 is 0 Å². The molecule has 0 saturated carbocycles. The summed E-state index contributed by atoms with van der Waals surface area (Å²) in [6.07, 6.45) is 0.150. The Labute approximate surface area is 140 Å². The summed E-state index contributed by atoms with van der Waals surface area (Å²) in [5, 5.41) is 11.6. The minimum absolute atomic E-state index is 0.150. The molecule has 2 aromatic carbocycles. The first-order valence-electron chi connectivity index (χ1n) is 7.20. The van der Waals surface area contributed by atoms with E-state index in [0.717, 1.165) is 5.56 Å². The number of ether oxygens (including phenoxy) is 3. The van der Waals surface area contributed by atoms with Gasteiger partial charge in [-0.2, -0.15) is 5.26 Å². The Morgan fingerprint density at radius 1 is 1.04 bits per heavy atom. The number of anilines is 1. The van der Waals surface area contributed by atoms with Crippen molar-refractivity contribution in [2.24, 2.45) is 0 Å². The zero-order valence-electron chi connectivity index (χ0n) is 13.8. The summed E-state index contributed by atoms with van der Waals surface area (Å²) < 4.78 is 15.8. The first kappa shape index (κ1) is 17.2. The molecular weight excluding hydrogens is 308 g/mol. The van der Waals surface area contributed by atoms with Crippen molar-refractivity contribution in [3.05, 3.63) is 47.5 Å². The molecule has 0 aromatic heterocycles. The first-order valence-corrected chi connectivity index (χ1v) is 7.20. The zero-order chi connectivity index (χ0) is 17.5. The predicted molar refractivity (Wildman–Crippen MR) is 89.6 cm³/mol. The number of hydrogen-bond donors (Lipinski definition) is 1. The van der Waals surface area contributed by atoms with Crippen LogP contribution in [0.2, 0.25) is 0 Å². The van der Waals surface area contributed by atoms with E-state index in [2.05, 4.69) is 5.32 Å². The van der Waals surface area contributed by atoms with Gasteiger partial charge in [-0.3, -0.25) is 4.79 Å². The zero-order valence-corrected chi connectivity index (χ0v) is 13.8. The molecule has 1 amide bonds. The third-order valence-corrected chi connectivity index (χ3v) is 3.39. The van der Waals surface area contributed by atoms with E-state index in [1.165, 1.54) is 21.3 Å². The van der Waals surface area contributed by atoms with E-state index in [4.69, 9.17) is 19.5 Å². The van der Waals surface area contributed by atoms with Crippen LogP contribution in [0.1, 0.15) is 11.1 Å². The topological polar surface area (TPSA) is 80.6 Å². The molecule has 0 aliphatic carbocycles. The predicted octanol–water partition coefficient (Wildman–Crippen LogP) is 2.77. The first-order chi connectivity index (χ1) is 11.6. The number of rotatable bonds is 6. The third-order valence-electron chi connectivity index (χ3n) is 3.39. The van der Waals surface area contributed by atoms with Gasteiger partial charge in [-0.25, -0.2) is 0 Å². The Kier molecular flexibility index (Phi) is 5.63. The second-order valence-electron chi connectivity index (χ2n) is 4.95. The van der Waals surface area contributed by atoms with Gasteiger partial charge in [-0.05, 0) is 42.0 Å². The van der Waals surface area contributed by atoms with Crippen molar-refractivity contribution >= 4 is 11.6 Å².